The minimum absolute atomic E-state index is 0.307. The number of ether oxygens (including phenoxy) is 2. The van der Waals surface area contributed by atoms with E-state index in [1.54, 1.807) is 24.3 Å². The van der Waals surface area contributed by atoms with Gasteiger partial charge in [-0.3, -0.25) is 19.7 Å². The van der Waals surface area contributed by atoms with Crippen molar-refractivity contribution in [3.63, 3.8) is 0 Å². The highest BCUT2D eigenvalue weighted by Crippen LogP contribution is 2.35. The van der Waals surface area contributed by atoms with Gasteiger partial charge in [0.25, 0.3) is 11.6 Å². The summed E-state index contributed by atoms with van der Waals surface area (Å²) in [5.41, 5.74) is -0.805. The van der Waals surface area contributed by atoms with Crippen molar-refractivity contribution in [2.24, 2.45) is 0 Å². The van der Waals surface area contributed by atoms with Gasteiger partial charge in [0, 0.05) is 10.5 Å². The molecule has 0 aliphatic rings. The van der Waals surface area contributed by atoms with E-state index in [9.17, 15) is 28.5 Å². The third-order valence-electron chi connectivity index (χ3n) is 3.50. The number of hydrogen-bond donors (Lipinski definition) is 2. The Morgan fingerprint density at radius 1 is 1.24 bits per heavy atom. The molecule has 0 aromatic heterocycles. The van der Waals surface area contributed by atoms with Gasteiger partial charge in [-0.15, -0.1) is 0 Å². The van der Waals surface area contributed by atoms with Crippen molar-refractivity contribution in [2.75, 3.05) is 19.0 Å². The number of nitrogens with one attached hydrogen (secondary N) is 2. The van der Waals surface area contributed by atoms with Gasteiger partial charge in [-0.1, -0.05) is 12.1 Å². The van der Waals surface area contributed by atoms with E-state index in [0.717, 1.165) is 13.2 Å². The number of nitro groups is 1. The first-order valence-corrected chi connectivity index (χ1v) is 8.66. The van der Waals surface area contributed by atoms with Crippen molar-refractivity contribution in [3.8, 4) is 11.5 Å². The molecule has 0 atom stereocenters. The van der Waals surface area contributed by atoms with Gasteiger partial charge in [0.05, 0.1) is 30.3 Å². The summed E-state index contributed by atoms with van der Waals surface area (Å²) in [6.45, 7) is -3.74. The molecular formula is C17H14BrF2N3O6. The maximum atomic E-state index is 12.5. The summed E-state index contributed by atoms with van der Waals surface area (Å²) in [6, 6.07) is 8.30. The number of amides is 2. The largest absolute Gasteiger partial charge is 0.493 e. The van der Waals surface area contributed by atoms with Gasteiger partial charge in [-0.25, -0.2) is 0 Å². The lowest BCUT2D eigenvalue weighted by Gasteiger charge is -2.12. The summed E-state index contributed by atoms with van der Waals surface area (Å²) in [6.07, 6.45) is 0. The fourth-order valence-corrected chi connectivity index (χ4v) is 2.63. The molecule has 0 aliphatic carbocycles. The summed E-state index contributed by atoms with van der Waals surface area (Å²) >= 11 is 3.25. The third kappa shape index (κ3) is 5.85. The number of alkyl halides is 2. The molecular weight excluding hydrogens is 460 g/mol. The highest BCUT2D eigenvalue weighted by atomic mass is 79.9. The van der Waals surface area contributed by atoms with Crippen LogP contribution in [0.1, 0.15) is 10.4 Å². The molecule has 2 rings (SSSR count). The molecule has 0 saturated carbocycles. The number of halogens is 3. The number of carbonyl (C=O) groups excluding carboxylic acids is 2. The molecule has 12 heteroatoms. The van der Waals surface area contributed by atoms with Gasteiger partial charge in [0.15, 0.2) is 11.5 Å². The molecule has 9 nitrogen and oxygen atoms in total. The lowest BCUT2D eigenvalue weighted by Crippen LogP contribution is -2.33. The first kappa shape index (κ1) is 22.0. The molecule has 154 valence electrons. The standard InChI is InChI=1S/C17H14BrF2N3O6/c1-28-13-6-9(12(23(26)27)7-14(13)29-17(19)20)16(25)21-8-15(24)22-11-5-3-2-4-10(11)18/h2-7,17H,8H2,1H3,(H,21,25)(H,22,24). The fourth-order valence-electron chi connectivity index (χ4n) is 2.24. The van der Waals surface area contributed by atoms with E-state index < -0.39 is 46.9 Å². The van der Waals surface area contributed by atoms with Gasteiger partial charge in [0.2, 0.25) is 5.91 Å². The SMILES string of the molecule is COc1cc(C(=O)NCC(=O)Nc2ccccc2Br)c([N+](=O)[O-])cc1OC(F)F. The Morgan fingerprint density at radius 3 is 2.52 bits per heavy atom. The molecule has 0 heterocycles. The Morgan fingerprint density at radius 2 is 1.93 bits per heavy atom. The molecule has 2 N–H and O–H groups in total. The maximum absolute atomic E-state index is 12.5. The Kier molecular flexibility index (Phi) is 7.42. The quantitative estimate of drug-likeness (QED) is 0.448. The number of methoxy groups -OCH3 is 1. The van der Waals surface area contributed by atoms with Crippen LogP contribution < -0.4 is 20.1 Å². The normalized spacial score (nSPS) is 10.4. The summed E-state index contributed by atoms with van der Waals surface area (Å²) < 4.78 is 34.6. The van der Waals surface area contributed by atoms with Crippen molar-refractivity contribution in [3.05, 3.63) is 56.5 Å². The zero-order valence-corrected chi connectivity index (χ0v) is 16.4. The highest BCUT2D eigenvalue weighted by molar-refractivity contribution is 9.10. The molecule has 0 aliphatic heterocycles. The van der Waals surface area contributed by atoms with Gasteiger partial charge in [0.1, 0.15) is 5.56 Å². The predicted molar refractivity (Wildman–Crippen MR) is 101 cm³/mol. The van der Waals surface area contributed by atoms with Crippen LogP contribution in [0, 0.1) is 10.1 Å². The fraction of sp³-hybridized carbons (Fsp3) is 0.176. The smallest absolute Gasteiger partial charge is 0.387 e. The summed E-state index contributed by atoms with van der Waals surface area (Å²) in [7, 11) is 1.12. The van der Waals surface area contributed by atoms with E-state index >= 15 is 0 Å². The molecule has 2 aromatic carbocycles. The summed E-state index contributed by atoms with van der Waals surface area (Å²) in [4.78, 5) is 34.7. The molecule has 0 unspecified atom stereocenters. The maximum Gasteiger partial charge on any atom is 0.387 e. The molecule has 29 heavy (non-hydrogen) atoms. The number of hydrogen-bond acceptors (Lipinski definition) is 6. The minimum atomic E-state index is -3.25. The van der Waals surface area contributed by atoms with Crippen LogP contribution in [-0.2, 0) is 4.79 Å². The van der Waals surface area contributed by atoms with E-state index in [4.69, 9.17) is 4.74 Å². The molecule has 2 aromatic rings. The van der Waals surface area contributed by atoms with Gasteiger partial charge < -0.3 is 20.1 Å². The van der Waals surface area contributed by atoms with Crippen molar-refractivity contribution in [2.45, 2.75) is 6.61 Å². The van der Waals surface area contributed by atoms with Crippen molar-refractivity contribution in [1.82, 2.24) is 5.32 Å². The number of nitro benzene ring substituents is 1. The molecule has 0 radical (unpaired) electrons. The number of anilines is 1. The monoisotopic (exact) mass is 473 g/mol. The van der Waals surface area contributed by atoms with Crippen LogP contribution in [0.5, 0.6) is 11.5 Å². The van der Waals surface area contributed by atoms with Gasteiger partial charge in [-0.05, 0) is 28.1 Å². The highest BCUT2D eigenvalue weighted by Gasteiger charge is 2.26. The lowest BCUT2D eigenvalue weighted by atomic mass is 10.1. The van der Waals surface area contributed by atoms with Crippen LogP contribution in [0.3, 0.4) is 0 Å². The Bertz CT molecular complexity index is 941. The van der Waals surface area contributed by atoms with Crippen molar-refractivity contribution < 1.29 is 32.8 Å². The zero-order chi connectivity index (χ0) is 21.6. The van der Waals surface area contributed by atoms with Crippen LogP contribution in [0.25, 0.3) is 0 Å². The van der Waals surface area contributed by atoms with Crippen LogP contribution in [0.15, 0.2) is 40.9 Å². The van der Waals surface area contributed by atoms with Crippen molar-refractivity contribution in [1.29, 1.82) is 0 Å². The second-order valence-corrected chi connectivity index (χ2v) is 6.22. The minimum Gasteiger partial charge on any atom is -0.493 e. The van der Waals surface area contributed by atoms with E-state index in [2.05, 4.69) is 31.3 Å². The Balaban J connectivity index is 2.17. The molecule has 0 spiro atoms. The van der Waals surface area contributed by atoms with Crippen molar-refractivity contribution >= 4 is 39.1 Å². The summed E-state index contributed by atoms with van der Waals surface area (Å²) in [5, 5.41) is 16.0. The van der Waals surface area contributed by atoms with Crippen LogP contribution in [0.4, 0.5) is 20.2 Å². The number of para-hydroxylation sites is 1. The third-order valence-corrected chi connectivity index (χ3v) is 4.19. The second-order valence-electron chi connectivity index (χ2n) is 5.37. The molecule has 0 saturated heterocycles. The Labute approximate surface area is 171 Å². The molecule has 2 amide bonds. The first-order valence-electron chi connectivity index (χ1n) is 7.86. The lowest BCUT2D eigenvalue weighted by molar-refractivity contribution is -0.385. The summed E-state index contributed by atoms with van der Waals surface area (Å²) in [5.74, 6) is -2.46. The van der Waals surface area contributed by atoms with E-state index in [0.29, 0.717) is 16.2 Å². The predicted octanol–water partition coefficient (Wildman–Crippen LogP) is 3.34. The first-order chi connectivity index (χ1) is 13.7. The average molecular weight is 474 g/mol. The van der Waals surface area contributed by atoms with E-state index in [1.807, 2.05) is 0 Å². The molecule has 0 bridgehead atoms. The van der Waals surface area contributed by atoms with Gasteiger partial charge in [-0.2, -0.15) is 8.78 Å². The number of nitrogens with zero attached hydrogens (tertiary/aromatic N) is 1. The number of carbonyl (C=O) groups is 2. The average Bonchev–Trinajstić information content (AvgIpc) is 2.67. The number of benzene rings is 2. The van der Waals surface area contributed by atoms with Gasteiger partial charge >= 0.3 is 6.61 Å². The van der Waals surface area contributed by atoms with Crippen LogP contribution in [0.2, 0.25) is 0 Å². The zero-order valence-electron chi connectivity index (χ0n) is 14.8. The second kappa shape index (κ2) is 9.78. The molecule has 0 fully saturated rings. The number of rotatable bonds is 8. The van der Waals surface area contributed by atoms with Crippen LogP contribution >= 0.6 is 15.9 Å². The Hall–Kier alpha value is -3.28. The van der Waals surface area contributed by atoms with E-state index in [1.165, 1.54) is 0 Å². The van der Waals surface area contributed by atoms with E-state index in [-0.39, 0.29) is 5.75 Å². The topological polar surface area (TPSA) is 120 Å². The van der Waals surface area contributed by atoms with Crippen LogP contribution in [-0.4, -0.2) is 37.0 Å².